The van der Waals surface area contributed by atoms with Crippen LogP contribution in [0.4, 0.5) is 13.2 Å². The molecule has 4 aromatic rings. The first kappa shape index (κ1) is 39.8. The van der Waals surface area contributed by atoms with Crippen LogP contribution in [-0.4, -0.2) is 114 Å². The summed E-state index contributed by atoms with van der Waals surface area (Å²) in [6.07, 6.45) is -4.47. The topological polar surface area (TPSA) is 98.1 Å². The first-order chi connectivity index (χ1) is 23.7. The maximum absolute atomic E-state index is 13.9. The molecule has 1 aromatic heterocycles. The van der Waals surface area contributed by atoms with Gasteiger partial charge in [0.25, 0.3) is 5.82 Å². The number of amides is 1. The fourth-order valence-electron chi connectivity index (χ4n) is 7.25. The van der Waals surface area contributed by atoms with E-state index in [1.165, 1.54) is 31.4 Å². The number of hydrogen-bond acceptors (Lipinski definition) is 9. The number of carbonyl (C=O) groups excluding carboxylic acids is 1. The Hall–Kier alpha value is -3.95. The summed E-state index contributed by atoms with van der Waals surface area (Å²) < 4.78 is 58.9. The van der Waals surface area contributed by atoms with Crippen molar-refractivity contribution in [2.75, 3.05) is 60.7 Å². The van der Waals surface area contributed by atoms with Gasteiger partial charge in [-0.2, -0.15) is 17.9 Å². The van der Waals surface area contributed by atoms with Gasteiger partial charge in [0.1, 0.15) is 11.4 Å². The van der Waals surface area contributed by atoms with Crippen molar-refractivity contribution >= 4 is 30.7 Å². The molecule has 276 valence electrons. The number of halogens is 5. The number of benzene rings is 3. The van der Waals surface area contributed by atoms with E-state index in [1.807, 2.05) is 41.3 Å². The number of hydrogen-bond donors (Lipinski definition) is 0. The van der Waals surface area contributed by atoms with Crippen molar-refractivity contribution < 1.29 is 32.2 Å². The first-order valence-electron chi connectivity index (χ1n) is 16.2. The molecule has 0 saturated carbocycles. The third-order valence-corrected chi connectivity index (χ3v) is 9.40. The number of methoxy groups -OCH3 is 3. The molecule has 0 spiro atoms. The van der Waals surface area contributed by atoms with Gasteiger partial charge in [-0.05, 0) is 33.7 Å². The van der Waals surface area contributed by atoms with Gasteiger partial charge < -0.3 is 19.1 Å². The molecule has 0 bridgehead atoms. The fraction of sp³-hybridized carbons (Fsp3) is 0.429. The van der Waals surface area contributed by atoms with Crippen LogP contribution < -0.4 is 9.47 Å². The minimum atomic E-state index is -4.78. The summed E-state index contributed by atoms with van der Waals surface area (Å²) >= 11 is 0. The summed E-state index contributed by atoms with van der Waals surface area (Å²) in [7, 11) is 4.51. The Bertz CT molecular complexity index is 1680. The van der Waals surface area contributed by atoms with Gasteiger partial charge >= 0.3 is 6.18 Å². The van der Waals surface area contributed by atoms with Crippen LogP contribution in [-0.2, 0) is 22.3 Å². The molecule has 51 heavy (non-hydrogen) atoms. The van der Waals surface area contributed by atoms with E-state index in [0.717, 1.165) is 0 Å². The lowest BCUT2D eigenvalue weighted by Crippen LogP contribution is -2.67. The predicted octanol–water partition coefficient (Wildman–Crippen LogP) is 5.11. The van der Waals surface area contributed by atoms with Crippen LogP contribution in [0.1, 0.15) is 34.9 Å². The Balaban J connectivity index is 0.00000292. The van der Waals surface area contributed by atoms with Gasteiger partial charge in [0.15, 0.2) is 5.75 Å². The van der Waals surface area contributed by atoms with E-state index in [0.29, 0.717) is 68.3 Å². The van der Waals surface area contributed by atoms with Crippen LogP contribution in [0.25, 0.3) is 5.69 Å². The van der Waals surface area contributed by atoms with Crippen molar-refractivity contribution in [3.8, 4) is 17.2 Å². The average molecular weight is 753 g/mol. The number of aromatic nitrogens is 4. The number of alkyl halides is 3. The monoisotopic (exact) mass is 751 g/mol. The third kappa shape index (κ3) is 8.58. The standard InChI is InChI=1S/C35H40F3N7O4.2ClH/c1-47-19-16-31(46)43-17-18-44-26(21-43)20-42(23-29(44)32(24-10-6-4-7-11-24)25-12-8-5-9-13-25)22-27-30(48-2)15-14-28(33(27)49-3)45-34(35(36,37)38)39-40-41-45;;/h4-15,26,29,32H,16-23H2,1-3H3;2*1H/t26-,29?;;/m1../s1. The summed E-state index contributed by atoms with van der Waals surface area (Å²) in [5, 5.41) is 10.2. The Morgan fingerprint density at radius 2 is 1.55 bits per heavy atom. The van der Waals surface area contributed by atoms with Crippen LogP contribution >= 0.6 is 24.8 Å². The quantitative estimate of drug-likeness (QED) is 0.207. The SMILES string of the molecule is COCCC(=O)N1CCN2C(C(c3ccccc3)c3ccccc3)CN(Cc3c(OC)ccc(-n4nnnc4C(F)(F)F)c3OC)C[C@@H]2C1.Cl.Cl. The summed E-state index contributed by atoms with van der Waals surface area (Å²) in [5.41, 5.74) is 2.96. The van der Waals surface area contributed by atoms with Gasteiger partial charge in [-0.25, -0.2) is 0 Å². The highest BCUT2D eigenvalue weighted by Gasteiger charge is 2.44. The summed E-state index contributed by atoms with van der Waals surface area (Å²) in [6.45, 7) is 3.77. The van der Waals surface area contributed by atoms with E-state index in [2.05, 4.69) is 49.6 Å². The van der Waals surface area contributed by atoms with E-state index < -0.39 is 12.0 Å². The number of carbonyl (C=O) groups is 1. The van der Waals surface area contributed by atoms with Gasteiger partial charge in [0.05, 0.1) is 32.8 Å². The van der Waals surface area contributed by atoms with Gasteiger partial charge in [-0.1, -0.05) is 60.7 Å². The Morgan fingerprint density at radius 1 is 0.882 bits per heavy atom. The van der Waals surface area contributed by atoms with E-state index in [-0.39, 0.29) is 60.2 Å². The van der Waals surface area contributed by atoms with E-state index in [4.69, 9.17) is 14.2 Å². The van der Waals surface area contributed by atoms with Gasteiger partial charge in [-0.3, -0.25) is 14.6 Å². The van der Waals surface area contributed by atoms with Crippen LogP contribution in [0, 0.1) is 0 Å². The molecule has 3 aromatic carbocycles. The smallest absolute Gasteiger partial charge is 0.453 e. The number of piperazine rings is 2. The third-order valence-electron chi connectivity index (χ3n) is 9.40. The zero-order chi connectivity index (χ0) is 34.5. The van der Waals surface area contributed by atoms with Crippen molar-refractivity contribution in [2.45, 2.75) is 37.1 Å². The molecule has 2 saturated heterocycles. The van der Waals surface area contributed by atoms with E-state index in [1.54, 1.807) is 13.2 Å². The Kier molecular flexibility index (Phi) is 13.7. The summed E-state index contributed by atoms with van der Waals surface area (Å²) in [4.78, 5) is 19.9. The minimum absolute atomic E-state index is 0. The van der Waals surface area contributed by atoms with Crippen LogP contribution in [0.3, 0.4) is 0 Å². The minimum Gasteiger partial charge on any atom is -0.496 e. The van der Waals surface area contributed by atoms with Crippen molar-refractivity contribution in [1.29, 1.82) is 0 Å². The largest absolute Gasteiger partial charge is 0.496 e. The van der Waals surface area contributed by atoms with Crippen molar-refractivity contribution in [1.82, 2.24) is 34.9 Å². The molecule has 6 rings (SSSR count). The predicted molar refractivity (Wildman–Crippen MR) is 189 cm³/mol. The second-order valence-corrected chi connectivity index (χ2v) is 12.2. The van der Waals surface area contributed by atoms with Crippen molar-refractivity contribution in [3.63, 3.8) is 0 Å². The van der Waals surface area contributed by atoms with Crippen molar-refractivity contribution in [3.05, 3.63) is 95.3 Å². The highest BCUT2D eigenvalue weighted by Crippen LogP contribution is 2.40. The van der Waals surface area contributed by atoms with Crippen LogP contribution in [0.15, 0.2) is 72.8 Å². The maximum atomic E-state index is 13.9. The lowest BCUT2D eigenvalue weighted by molar-refractivity contribution is -0.146. The molecule has 16 heteroatoms. The number of rotatable bonds is 11. The molecular weight excluding hydrogens is 710 g/mol. The van der Waals surface area contributed by atoms with Gasteiger partial charge in [0.2, 0.25) is 5.91 Å². The zero-order valence-corrected chi connectivity index (χ0v) is 30.2. The molecular formula is C35H42Cl2F3N7O4. The molecule has 2 aliphatic rings. The highest BCUT2D eigenvalue weighted by atomic mass is 35.5. The molecule has 1 amide bonds. The number of ether oxygens (including phenoxy) is 3. The molecule has 3 heterocycles. The highest BCUT2D eigenvalue weighted by molar-refractivity contribution is 5.85. The number of nitrogens with zero attached hydrogens (tertiary/aromatic N) is 7. The average Bonchev–Trinajstić information content (AvgIpc) is 3.62. The van der Waals surface area contributed by atoms with Gasteiger partial charge in [0, 0.05) is 64.4 Å². The second kappa shape index (κ2) is 17.5. The second-order valence-electron chi connectivity index (χ2n) is 12.2. The van der Waals surface area contributed by atoms with E-state index in [9.17, 15) is 18.0 Å². The molecule has 2 fully saturated rings. The summed E-state index contributed by atoms with van der Waals surface area (Å²) in [6, 6.07) is 23.9. The molecule has 2 aliphatic heterocycles. The number of tetrazole rings is 1. The lowest BCUT2D eigenvalue weighted by Gasteiger charge is -2.53. The fourth-order valence-corrected chi connectivity index (χ4v) is 7.25. The van der Waals surface area contributed by atoms with Crippen LogP contribution in [0.2, 0.25) is 0 Å². The Morgan fingerprint density at radius 3 is 2.14 bits per heavy atom. The Labute approximate surface area is 307 Å². The number of fused-ring (bicyclic) bond motifs is 1. The first-order valence-corrected chi connectivity index (χ1v) is 16.2. The normalized spacial score (nSPS) is 18.1. The molecule has 1 unspecified atom stereocenters. The molecule has 0 N–H and O–H groups in total. The molecule has 0 radical (unpaired) electrons. The van der Waals surface area contributed by atoms with Gasteiger partial charge in [-0.15, -0.1) is 29.9 Å². The maximum Gasteiger partial charge on any atom is 0.453 e. The summed E-state index contributed by atoms with van der Waals surface area (Å²) in [5.74, 6) is -0.558. The van der Waals surface area contributed by atoms with Crippen molar-refractivity contribution in [2.24, 2.45) is 0 Å². The molecule has 11 nitrogen and oxygen atoms in total. The van der Waals surface area contributed by atoms with Crippen LogP contribution in [0.5, 0.6) is 11.5 Å². The molecule has 0 aliphatic carbocycles. The zero-order valence-electron chi connectivity index (χ0n) is 28.5. The lowest BCUT2D eigenvalue weighted by atomic mass is 9.81. The molecule has 2 atom stereocenters. The van der Waals surface area contributed by atoms with E-state index >= 15 is 0 Å².